The normalized spacial score (nSPS) is 19.8. The van der Waals surface area contributed by atoms with Crippen LogP contribution in [0.2, 0.25) is 0 Å². The zero-order chi connectivity index (χ0) is 50.3. The largest absolute Gasteiger partial charge is 0.466 e. The van der Waals surface area contributed by atoms with Crippen molar-refractivity contribution in [3.05, 3.63) is 60.8 Å². The van der Waals surface area contributed by atoms with Gasteiger partial charge in [-0.25, -0.2) is 0 Å². The van der Waals surface area contributed by atoms with E-state index in [2.05, 4.69) is 67.8 Å². The monoisotopic (exact) mass is 974 g/mol. The van der Waals surface area contributed by atoms with Crippen LogP contribution in [-0.4, -0.2) is 100 Å². The van der Waals surface area contributed by atoms with Crippen LogP contribution in [0.5, 0.6) is 0 Å². The summed E-state index contributed by atoms with van der Waals surface area (Å²) >= 11 is 0. The van der Waals surface area contributed by atoms with Crippen molar-refractivity contribution in [2.45, 2.75) is 275 Å². The first-order chi connectivity index (χ1) is 33.7. The molecular formula is C58H103NO10. The van der Waals surface area contributed by atoms with Crippen molar-refractivity contribution in [2.24, 2.45) is 0 Å². The number of carbonyl (C=O) groups excluding carboxylic acids is 2. The number of allylic oxidation sites excluding steroid dienone is 9. The van der Waals surface area contributed by atoms with E-state index in [-0.39, 0.29) is 18.5 Å². The van der Waals surface area contributed by atoms with Gasteiger partial charge in [-0.3, -0.25) is 9.59 Å². The lowest BCUT2D eigenvalue weighted by Crippen LogP contribution is -2.60. The molecule has 1 saturated heterocycles. The van der Waals surface area contributed by atoms with Crippen molar-refractivity contribution in [1.29, 1.82) is 0 Å². The molecule has 0 aromatic carbocycles. The second-order valence-corrected chi connectivity index (χ2v) is 19.3. The molecule has 0 spiro atoms. The van der Waals surface area contributed by atoms with Gasteiger partial charge in [-0.2, -0.15) is 0 Å². The number of hydrogen-bond acceptors (Lipinski definition) is 10. The molecule has 6 N–H and O–H groups in total. The summed E-state index contributed by atoms with van der Waals surface area (Å²) in [4.78, 5) is 25.0. The number of ether oxygens (including phenoxy) is 3. The molecule has 1 aliphatic rings. The Morgan fingerprint density at radius 3 is 1.61 bits per heavy atom. The minimum absolute atomic E-state index is 0.0572. The van der Waals surface area contributed by atoms with Crippen LogP contribution < -0.4 is 5.32 Å². The van der Waals surface area contributed by atoms with Crippen LogP contribution >= 0.6 is 0 Å². The number of unbranched alkanes of at least 4 members (excludes halogenated alkanes) is 26. The molecule has 0 bridgehead atoms. The molecule has 11 nitrogen and oxygen atoms in total. The van der Waals surface area contributed by atoms with Gasteiger partial charge in [0.1, 0.15) is 24.4 Å². The average molecular weight is 974 g/mol. The fourth-order valence-corrected chi connectivity index (χ4v) is 8.34. The zero-order valence-corrected chi connectivity index (χ0v) is 43.8. The predicted molar refractivity (Wildman–Crippen MR) is 283 cm³/mol. The molecule has 11 heteroatoms. The van der Waals surface area contributed by atoms with Crippen molar-refractivity contribution in [3.63, 3.8) is 0 Å². The van der Waals surface area contributed by atoms with Crippen LogP contribution in [0.15, 0.2) is 60.8 Å². The highest BCUT2D eigenvalue weighted by atomic mass is 16.7. The fourth-order valence-electron chi connectivity index (χ4n) is 8.34. The Morgan fingerprint density at radius 1 is 0.551 bits per heavy atom. The summed E-state index contributed by atoms with van der Waals surface area (Å²) in [5.74, 6) is -0.264. The first-order valence-electron chi connectivity index (χ1n) is 28.1. The summed E-state index contributed by atoms with van der Waals surface area (Å²) in [5, 5.41) is 54.3. The summed E-state index contributed by atoms with van der Waals surface area (Å²) in [6, 6.07) is -0.828. The smallest absolute Gasteiger partial charge is 0.305 e. The second kappa shape index (κ2) is 47.7. The molecule has 0 aromatic heterocycles. The second-order valence-electron chi connectivity index (χ2n) is 19.3. The standard InChI is InChI=1S/C58H103NO10/c1-3-5-7-9-11-13-15-20-24-28-32-36-40-44-51(61)50(49-68-58-57(66)56(65)55(64)52(48-60)69-58)59-53(62)45-41-37-33-29-25-22-18-17-19-23-27-31-35-39-43-47-67-54(63)46-42-38-34-30-26-21-16-14-12-10-8-6-4-2/h8,10,14,16-17,19,23,27,40,44,50-52,55-58,60-61,64-66H,3-7,9,11-13,15,18,20-22,24-26,28-39,41-43,45-49H2,1-2H3,(H,59,62)/b10-8-,16-14-,19-17-,27-23-,44-40+. The third-order valence-electron chi connectivity index (χ3n) is 12.9. The van der Waals surface area contributed by atoms with Crippen molar-refractivity contribution < 1.29 is 49.3 Å². The van der Waals surface area contributed by atoms with Gasteiger partial charge in [0.25, 0.3) is 0 Å². The van der Waals surface area contributed by atoms with Crippen molar-refractivity contribution in [1.82, 2.24) is 5.32 Å². The first kappa shape index (κ1) is 64.4. The van der Waals surface area contributed by atoms with Gasteiger partial charge in [0.05, 0.1) is 32.0 Å². The SMILES string of the molecule is CCC/C=C\C/C=C\CCCCCCCC(=O)OCCCCC/C=C\C=C/CCCCCCCCC(=O)NC(COC1OC(CO)C(O)C(O)C1O)C(O)/C=C/CCCCCCCCCCCCC. The lowest BCUT2D eigenvalue weighted by atomic mass is 9.99. The fraction of sp³-hybridized carbons (Fsp3) is 0.793. The van der Waals surface area contributed by atoms with Crippen LogP contribution in [0.3, 0.4) is 0 Å². The number of rotatable bonds is 47. The van der Waals surface area contributed by atoms with Crippen LogP contribution in [-0.2, 0) is 23.8 Å². The lowest BCUT2D eigenvalue weighted by molar-refractivity contribution is -0.302. The lowest BCUT2D eigenvalue weighted by Gasteiger charge is -2.40. The summed E-state index contributed by atoms with van der Waals surface area (Å²) in [7, 11) is 0. The van der Waals surface area contributed by atoms with Gasteiger partial charge in [-0.15, -0.1) is 0 Å². The average Bonchev–Trinajstić information content (AvgIpc) is 3.34. The molecule has 69 heavy (non-hydrogen) atoms. The Kier molecular flexibility index (Phi) is 44.5. The van der Waals surface area contributed by atoms with Crippen molar-refractivity contribution in [2.75, 3.05) is 19.8 Å². The van der Waals surface area contributed by atoms with E-state index in [1.807, 2.05) is 6.08 Å². The Morgan fingerprint density at radius 2 is 1.04 bits per heavy atom. The van der Waals surface area contributed by atoms with E-state index in [1.165, 1.54) is 89.9 Å². The maximum Gasteiger partial charge on any atom is 0.305 e. The van der Waals surface area contributed by atoms with Gasteiger partial charge in [0, 0.05) is 12.8 Å². The number of nitrogens with one attached hydrogen (secondary N) is 1. The summed E-state index contributed by atoms with van der Waals surface area (Å²) in [6.45, 7) is 4.18. The number of hydrogen-bond donors (Lipinski definition) is 6. The molecule has 0 radical (unpaired) electrons. The Bertz CT molecular complexity index is 1330. The van der Waals surface area contributed by atoms with E-state index in [9.17, 15) is 35.1 Å². The van der Waals surface area contributed by atoms with Gasteiger partial charge in [0.2, 0.25) is 5.91 Å². The highest BCUT2D eigenvalue weighted by molar-refractivity contribution is 5.76. The highest BCUT2D eigenvalue weighted by Gasteiger charge is 2.44. The number of amides is 1. The maximum absolute atomic E-state index is 13.0. The summed E-state index contributed by atoms with van der Waals surface area (Å²) in [5.41, 5.74) is 0. The summed E-state index contributed by atoms with van der Waals surface area (Å²) < 4.78 is 16.6. The quantitative estimate of drug-likeness (QED) is 0.0149. The highest BCUT2D eigenvalue weighted by Crippen LogP contribution is 2.23. The maximum atomic E-state index is 13.0. The Labute approximate surface area is 420 Å². The molecule has 1 rings (SSSR count). The summed E-state index contributed by atoms with van der Waals surface area (Å²) in [6.07, 6.45) is 50.1. The van der Waals surface area contributed by atoms with Gasteiger partial charge in [0.15, 0.2) is 6.29 Å². The van der Waals surface area contributed by atoms with E-state index in [0.29, 0.717) is 19.4 Å². The molecule has 0 aliphatic carbocycles. The van der Waals surface area contributed by atoms with Crippen LogP contribution in [0.25, 0.3) is 0 Å². The zero-order valence-electron chi connectivity index (χ0n) is 43.8. The Balaban J connectivity index is 2.19. The van der Waals surface area contributed by atoms with Gasteiger partial charge >= 0.3 is 5.97 Å². The van der Waals surface area contributed by atoms with Crippen LogP contribution in [0.4, 0.5) is 0 Å². The first-order valence-corrected chi connectivity index (χ1v) is 28.1. The molecule has 0 aromatic rings. The third kappa shape index (κ3) is 37.8. The predicted octanol–water partition coefficient (Wildman–Crippen LogP) is 12.3. The Hall–Kier alpha value is -2.64. The van der Waals surface area contributed by atoms with Crippen LogP contribution in [0, 0.1) is 0 Å². The molecule has 1 fully saturated rings. The molecule has 0 saturated carbocycles. The number of aliphatic hydroxyl groups excluding tert-OH is 5. The minimum Gasteiger partial charge on any atom is -0.466 e. The van der Waals surface area contributed by atoms with Gasteiger partial charge in [-0.1, -0.05) is 190 Å². The number of aliphatic hydroxyl groups is 5. The molecular weight excluding hydrogens is 871 g/mol. The molecule has 1 heterocycles. The van der Waals surface area contributed by atoms with E-state index in [0.717, 1.165) is 116 Å². The molecule has 7 unspecified atom stereocenters. The van der Waals surface area contributed by atoms with E-state index < -0.39 is 49.5 Å². The number of esters is 1. The third-order valence-corrected chi connectivity index (χ3v) is 12.9. The van der Waals surface area contributed by atoms with Gasteiger partial charge < -0.3 is 45.1 Å². The number of carbonyl (C=O) groups is 2. The van der Waals surface area contributed by atoms with E-state index in [4.69, 9.17) is 14.2 Å². The molecule has 7 atom stereocenters. The van der Waals surface area contributed by atoms with Crippen LogP contribution in [0.1, 0.15) is 232 Å². The molecule has 400 valence electrons. The van der Waals surface area contributed by atoms with Crippen molar-refractivity contribution in [3.8, 4) is 0 Å². The van der Waals surface area contributed by atoms with Crippen molar-refractivity contribution >= 4 is 11.9 Å². The van der Waals surface area contributed by atoms with Gasteiger partial charge in [-0.05, 0) is 89.9 Å². The molecule has 1 aliphatic heterocycles. The molecule has 1 amide bonds. The van der Waals surface area contributed by atoms with E-state index >= 15 is 0 Å². The van der Waals surface area contributed by atoms with E-state index in [1.54, 1.807) is 6.08 Å². The topological polar surface area (TPSA) is 175 Å². The minimum atomic E-state index is -1.58.